The van der Waals surface area contributed by atoms with Crippen molar-refractivity contribution < 1.29 is 0 Å². The molecular weight excluding hydrogens is 230 g/mol. The van der Waals surface area contributed by atoms with Crippen LogP contribution in [0.15, 0.2) is 5.38 Å². The zero-order chi connectivity index (χ0) is 11.8. The maximum Gasteiger partial charge on any atom is 0.0940 e. The number of hydrogen-bond acceptors (Lipinski definition) is 4. The van der Waals surface area contributed by atoms with Crippen molar-refractivity contribution in [3.63, 3.8) is 0 Å². The minimum Gasteiger partial charge on any atom is -0.328 e. The lowest BCUT2D eigenvalue weighted by Gasteiger charge is -2.37. The van der Waals surface area contributed by atoms with E-state index in [4.69, 9.17) is 5.73 Å². The average Bonchev–Trinajstić information content (AvgIpc) is 2.79. The van der Waals surface area contributed by atoms with E-state index in [-0.39, 0.29) is 0 Å². The summed E-state index contributed by atoms with van der Waals surface area (Å²) in [6.45, 7) is 3.25. The van der Waals surface area contributed by atoms with Crippen LogP contribution in [-0.4, -0.2) is 34.6 Å². The molecule has 2 unspecified atom stereocenters. The van der Waals surface area contributed by atoms with E-state index >= 15 is 0 Å². The molecule has 0 spiro atoms. The third-order valence-corrected chi connectivity index (χ3v) is 5.20. The van der Waals surface area contributed by atoms with Crippen LogP contribution in [0, 0.1) is 6.92 Å². The van der Waals surface area contributed by atoms with Crippen molar-refractivity contribution in [3.05, 3.63) is 16.1 Å². The normalized spacial score (nSPS) is 33.2. The van der Waals surface area contributed by atoms with Crippen LogP contribution < -0.4 is 5.73 Å². The molecule has 1 aromatic rings. The standard InChI is InChI=1S/C13H21N3S/c1-9-8-17-13(15-9)4-5-16-11-2-3-12(16)7-10(14)6-11/h8,10-12H,2-7,14H2,1H3. The van der Waals surface area contributed by atoms with Crippen LogP contribution in [0.3, 0.4) is 0 Å². The molecule has 3 heterocycles. The summed E-state index contributed by atoms with van der Waals surface area (Å²) in [5.74, 6) is 0. The second kappa shape index (κ2) is 4.67. The minimum atomic E-state index is 0.450. The quantitative estimate of drug-likeness (QED) is 0.893. The average molecular weight is 251 g/mol. The first-order chi connectivity index (χ1) is 8.22. The molecule has 0 saturated carbocycles. The van der Waals surface area contributed by atoms with E-state index in [2.05, 4.69) is 22.2 Å². The highest BCUT2D eigenvalue weighted by molar-refractivity contribution is 7.09. The Kier molecular flexibility index (Phi) is 3.19. The molecule has 2 bridgehead atoms. The van der Waals surface area contributed by atoms with Crippen LogP contribution in [-0.2, 0) is 6.42 Å². The predicted molar refractivity (Wildman–Crippen MR) is 71.3 cm³/mol. The molecule has 94 valence electrons. The number of aromatic nitrogens is 1. The van der Waals surface area contributed by atoms with Crippen LogP contribution in [0.25, 0.3) is 0 Å². The lowest BCUT2D eigenvalue weighted by Crippen LogP contribution is -2.48. The molecule has 4 heteroatoms. The van der Waals surface area contributed by atoms with Crippen LogP contribution in [0.4, 0.5) is 0 Å². The largest absolute Gasteiger partial charge is 0.328 e. The number of nitrogens with zero attached hydrogens (tertiary/aromatic N) is 2. The van der Waals surface area contributed by atoms with Crippen molar-refractivity contribution >= 4 is 11.3 Å². The maximum absolute atomic E-state index is 6.09. The van der Waals surface area contributed by atoms with E-state index in [1.165, 1.54) is 37.2 Å². The van der Waals surface area contributed by atoms with Gasteiger partial charge in [-0.05, 0) is 32.6 Å². The number of thiazole rings is 1. The SMILES string of the molecule is Cc1csc(CCN2C3CCC2CC(N)C3)n1. The van der Waals surface area contributed by atoms with Crippen molar-refractivity contribution in [2.75, 3.05) is 6.54 Å². The Hall–Kier alpha value is -0.450. The number of rotatable bonds is 3. The first-order valence-corrected chi connectivity index (χ1v) is 7.52. The Labute approximate surface area is 107 Å². The van der Waals surface area contributed by atoms with Gasteiger partial charge in [0, 0.05) is 42.2 Å². The first-order valence-electron chi connectivity index (χ1n) is 6.64. The third-order valence-electron chi connectivity index (χ3n) is 4.17. The molecule has 2 aliphatic heterocycles. The zero-order valence-electron chi connectivity index (χ0n) is 10.4. The van der Waals surface area contributed by atoms with Gasteiger partial charge in [0.15, 0.2) is 0 Å². The van der Waals surface area contributed by atoms with Crippen LogP contribution in [0.1, 0.15) is 36.4 Å². The van der Waals surface area contributed by atoms with Gasteiger partial charge < -0.3 is 5.73 Å². The van der Waals surface area contributed by atoms with E-state index in [9.17, 15) is 0 Å². The Bertz CT molecular complexity index is 376. The topological polar surface area (TPSA) is 42.1 Å². The van der Waals surface area contributed by atoms with E-state index in [1.54, 1.807) is 11.3 Å². The molecule has 1 aromatic heterocycles. The molecule has 2 atom stereocenters. The van der Waals surface area contributed by atoms with Crippen molar-refractivity contribution in [3.8, 4) is 0 Å². The molecule has 0 aromatic carbocycles. The summed E-state index contributed by atoms with van der Waals surface area (Å²) >= 11 is 1.80. The van der Waals surface area contributed by atoms with Crippen molar-refractivity contribution in [1.29, 1.82) is 0 Å². The molecule has 3 rings (SSSR count). The van der Waals surface area contributed by atoms with Gasteiger partial charge in [0.1, 0.15) is 0 Å². The van der Waals surface area contributed by atoms with E-state index < -0.39 is 0 Å². The highest BCUT2D eigenvalue weighted by Crippen LogP contribution is 2.35. The van der Waals surface area contributed by atoms with Crippen molar-refractivity contribution in [2.24, 2.45) is 5.73 Å². The second-order valence-corrected chi connectivity index (χ2v) is 6.43. The van der Waals surface area contributed by atoms with Crippen LogP contribution in [0.2, 0.25) is 0 Å². The van der Waals surface area contributed by atoms with Gasteiger partial charge in [0.05, 0.1) is 5.01 Å². The maximum atomic E-state index is 6.09. The molecule has 2 N–H and O–H groups in total. The fourth-order valence-electron chi connectivity index (χ4n) is 3.42. The van der Waals surface area contributed by atoms with Gasteiger partial charge in [-0.2, -0.15) is 0 Å². The number of piperidine rings is 1. The van der Waals surface area contributed by atoms with Gasteiger partial charge >= 0.3 is 0 Å². The van der Waals surface area contributed by atoms with Gasteiger partial charge in [0.25, 0.3) is 0 Å². The number of hydrogen-bond donors (Lipinski definition) is 1. The molecule has 2 aliphatic rings. The molecule has 3 nitrogen and oxygen atoms in total. The molecular formula is C13H21N3S. The van der Waals surface area contributed by atoms with E-state index in [0.29, 0.717) is 6.04 Å². The van der Waals surface area contributed by atoms with Crippen molar-refractivity contribution in [1.82, 2.24) is 9.88 Å². The van der Waals surface area contributed by atoms with Crippen LogP contribution in [0.5, 0.6) is 0 Å². The molecule has 2 saturated heterocycles. The number of fused-ring (bicyclic) bond motifs is 2. The summed E-state index contributed by atoms with van der Waals surface area (Å²) in [4.78, 5) is 7.24. The summed E-state index contributed by atoms with van der Waals surface area (Å²) in [6, 6.07) is 1.96. The predicted octanol–water partition coefficient (Wildman–Crippen LogP) is 1.95. The van der Waals surface area contributed by atoms with Crippen molar-refractivity contribution in [2.45, 2.75) is 57.2 Å². The van der Waals surface area contributed by atoms with E-state index in [0.717, 1.165) is 24.2 Å². The molecule has 0 amide bonds. The Morgan fingerprint density at radius 1 is 1.41 bits per heavy atom. The third kappa shape index (κ3) is 2.39. The van der Waals surface area contributed by atoms with E-state index in [1.807, 2.05) is 0 Å². The first kappa shape index (κ1) is 11.6. The highest BCUT2D eigenvalue weighted by Gasteiger charge is 2.38. The van der Waals surface area contributed by atoms with Gasteiger partial charge in [-0.1, -0.05) is 0 Å². The monoisotopic (exact) mass is 251 g/mol. The molecule has 0 radical (unpaired) electrons. The number of aryl methyl sites for hydroxylation is 1. The Morgan fingerprint density at radius 3 is 2.71 bits per heavy atom. The smallest absolute Gasteiger partial charge is 0.0940 e. The summed E-state index contributed by atoms with van der Waals surface area (Å²) in [6.07, 6.45) is 6.23. The summed E-state index contributed by atoms with van der Waals surface area (Å²) in [5, 5.41) is 3.44. The zero-order valence-corrected chi connectivity index (χ0v) is 11.2. The highest BCUT2D eigenvalue weighted by atomic mass is 32.1. The summed E-state index contributed by atoms with van der Waals surface area (Å²) in [7, 11) is 0. The fourth-order valence-corrected chi connectivity index (χ4v) is 4.19. The molecule has 2 fully saturated rings. The molecule has 0 aliphatic carbocycles. The van der Waals surface area contributed by atoms with Gasteiger partial charge in [-0.15, -0.1) is 11.3 Å². The Balaban J connectivity index is 1.59. The van der Waals surface area contributed by atoms with Crippen LogP contribution >= 0.6 is 11.3 Å². The summed E-state index contributed by atoms with van der Waals surface area (Å²) < 4.78 is 0. The Morgan fingerprint density at radius 2 is 2.12 bits per heavy atom. The van der Waals surface area contributed by atoms with Gasteiger partial charge in [0.2, 0.25) is 0 Å². The minimum absolute atomic E-state index is 0.450. The lowest BCUT2D eigenvalue weighted by molar-refractivity contribution is 0.129. The summed E-state index contributed by atoms with van der Waals surface area (Å²) in [5.41, 5.74) is 7.25. The second-order valence-electron chi connectivity index (χ2n) is 5.49. The fraction of sp³-hybridized carbons (Fsp3) is 0.769. The van der Waals surface area contributed by atoms with Gasteiger partial charge in [-0.25, -0.2) is 4.98 Å². The lowest BCUT2D eigenvalue weighted by atomic mass is 9.98. The number of nitrogens with two attached hydrogens (primary N) is 1. The van der Waals surface area contributed by atoms with Gasteiger partial charge in [-0.3, -0.25) is 4.90 Å². The molecule has 17 heavy (non-hydrogen) atoms.